The maximum Gasteiger partial charge on any atom is 0.224 e. The molecular formula is C19H22N2O2S. The number of amides is 1. The number of rotatable bonds is 6. The predicted molar refractivity (Wildman–Crippen MR) is 96.7 cm³/mol. The lowest BCUT2D eigenvalue weighted by Gasteiger charge is -2.36. The third-order valence-electron chi connectivity index (χ3n) is 4.07. The van der Waals surface area contributed by atoms with E-state index in [1.807, 2.05) is 41.3 Å². The summed E-state index contributed by atoms with van der Waals surface area (Å²) < 4.78 is 5.59. The van der Waals surface area contributed by atoms with Crippen molar-refractivity contribution in [1.82, 2.24) is 9.88 Å². The number of carbonyl (C=O) groups excluding carboxylic acids is 1. The molecule has 1 fully saturated rings. The van der Waals surface area contributed by atoms with Crippen LogP contribution < -0.4 is 0 Å². The number of ether oxygens (including phenoxy) is 1. The van der Waals surface area contributed by atoms with E-state index in [0.717, 1.165) is 22.8 Å². The van der Waals surface area contributed by atoms with Crippen molar-refractivity contribution >= 4 is 17.7 Å². The van der Waals surface area contributed by atoms with E-state index in [4.69, 9.17) is 4.74 Å². The van der Waals surface area contributed by atoms with Gasteiger partial charge in [-0.1, -0.05) is 36.4 Å². The van der Waals surface area contributed by atoms with Crippen LogP contribution in [0, 0.1) is 0 Å². The molecule has 1 aliphatic rings. The molecule has 3 rings (SSSR count). The number of hydrogen-bond donors (Lipinski definition) is 0. The maximum absolute atomic E-state index is 12.6. The van der Waals surface area contributed by atoms with E-state index in [-0.39, 0.29) is 11.9 Å². The Morgan fingerprint density at radius 3 is 2.83 bits per heavy atom. The lowest BCUT2D eigenvalue weighted by molar-refractivity contribution is -0.139. The van der Waals surface area contributed by atoms with Crippen molar-refractivity contribution in [2.75, 3.05) is 25.5 Å². The highest BCUT2D eigenvalue weighted by Gasteiger charge is 2.27. The van der Waals surface area contributed by atoms with Gasteiger partial charge in [0.15, 0.2) is 0 Å². The molecule has 1 aromatic heterocycles. The van der Waals surface area contributed by atoms with Crippen molar-refractivity contribution < 1.29 is 9.53 Å². The van der Waals surface area contributed by atoms with E-state index in [2.05, 4.69) is 17.1 Å². The summed E-state index contributed by atoms with van der Waals surface area (Å²) in [4.78, 5) is 18.9. The van der Waals surface area contributed by atoms with Gasteiger partial charge >= 0.3 is 0 Å². The summed E-state index contributed by atoms with van der Waals surface area (Å²) in [5.41, 5.74) is 2.20. The minimum Gasteiger partial charge on any atom is -0.377 e. The highest BCUT2D eigenvalue weighted by molar-refractivity contribution is 7.98. The van der Waals surface area contributed by atoms with Gasteiger partial charge in [0.25, 0.3) is 0 Å². The van der Waals surface area contributed by atoms with E-state index in [9.17, 15) is 4.79 Å². The first-order valence-electron chi connectivity index (χ1n) is 8.24. The fraction of sp³-hybridized carbons (Fsp3) is 0.368. The van der Waals surface area contributed by atoms with E-state index < -0.39 is 0 Å². The highest BCUT2D eigenvalue weighted by Crippen LogP contribution is 2.25. The molecule has 0 bridgehead atoms. The van der Waals surface area contributed by atoms with Gasteiger partial charge in [0.1, 0.15) is 0 Å². The summed E-state index contributed by atoms with van der Waals surface area (Å²) in [5, 5.41) is 0. The fourth-order valence-electron chi connectivity index (χ4n) is 2.82. The van der Waals surface area contributed by atoms with Crippen LogP contribution in [0.15, 0.2) is 54.7 Å². The first-order chi connectivity index (χ1) is 11.8. The van der Waals surface area contributed by atoms with Crippen LogP contribution in [0.4, 0.5) is 0 Å². The van der Waals surface area contributed by atoms with Crippen molar-refractivity contribution in [3.8, 4) is 0 Å². The second-order valence-corrected chi connectivity index (χ2v) is 6.82. The Labute approximate surface area is 147 Å². The zero-order valence-electron chi connectivity index (χ0n) is 13.6. The van der Waals surface area contributed by atoms with Crippen LogP contribution in [0.3, 0.4) is 0 Å². The molecule has 2 heterocycles. The summed E-state index contributed by atoms with van der Waals surface area (Å²) in [7, 11) is 0. The molecule has 24 heavy (non-hydrogen) atoms. The second-order valence-electron chi connectivity index (χ2n) is 5.71. The van der Waals surface area contributed by atoms with Crippen LogP contribution in [-0.4, -0.2) is 41.3 Å². The normalized spacial score (nSPS) is 17.7. The van der Waals surface area contributed by atoms with Crippen LogP contribution in [-0.2, 0) is 15.3 Å². The molecule has 1 atom stereocenters. The minimum absolute atomic E-state index is 0.0354. The summed E-state index contributed by atoms with van der Waals surface area (Å²) in [6, 6.07) is 16.1. The smallest absolute Gasteiger partial charge is 0.224 e. The first-order valence-corrected chi connectivity index (χ1v) is 9.40. The second kappa shape index (κ2) is 8.85. The number of thioether (sulfide) groups is 1. The molecule has 0 aliphatic carbocycles. The van der Waals surface area contributed by atoms with Gasteiger partial charge in [-0.15, -0.1) is 0 Å². The molecule has 0 unspecified atom stereocenters. The number of pyridine rings is 1. The molecular weight excluding hydrogens is 320 g/mol. The molecule has 4 nitrogen and oxygen atoms in total. The summed E-state index contributed by atoms with van der Waals surface area (Å²) >= 11 is 1.75. The first kappa shape index (κ1) is 17.0. The van der Waals surface area contributed by atoms with Crippen LogP contribution in [0.2, 0.25) is 0 Å². The van der Waals surface area contributed by atoms with Gasteiger partial charge in [0.2, 0.25) is 5.91 Å². The molecule has 0 spiro atoms. The van der Waals surface area contributed by atoms with E-state index in [1.54, 1.807) is 18.0 Å². The Morgan fingerprint density at radius 2 is 2.04 bits per heavy atom. The molecule has 1 amide bonds. The minimum atomic E-state index is 0.0354. The molecule has 1 aromatic carbocycles. The Hall–Kier alpha value is -1.85. The van der Waals surface area contributed by atoms with Crippen LogP contribution >= 0.6 is 11.8 Å². The number of aromatic nitrogens is 1. The van der Waals surface area contributed by atoms with Gasteiger partial charge in [0.05, 0.1) is 24.9 Å². The largest absolute Gasteiger partial charge is 0.377 e. The van der Waals surface area contributed by atoms with Crippen LogP contribution in [0.1, 0.15) is 23.7 Å². The molecule has 0 radical (unpaired) electrons. The number of benzene rings is 1. The molecule has 1 aliphatic heterocycles. The summed E-state index contributed by atoms with van der Waals surface area (Å²) in [6.07, 6.45) is 2.36. The number of carbonyl (C=O) groups is 1. The van der Waals surface area contributed by atoms with E-state index >= 15 is 0 Å². The van der Waals surface area contributed by atoms with Crippen LogP contribution in [0.5, 0.6) is 0 Å². The lowest BCUT2D eigenvalue weighted by atomic mass is 10.0. The average molecular weight is 342 g/mol. The number of hydrogen-bond acceptors (Lipinski definition) is 4. The van der Waals surface area contributed by atoms with Crippen molar-refractivity contribution in [2.24, 2.45) is 0 Å². The van der Waals surface area contributed by atoms with Gasteiger partial charge in [0, 0.05) is 30.7 Å². The third kappa shape index (κ3) is 4.58. The molecule has 0 saturated carbocycles. The van der Waals surface area contributed by atoms with Gasteiger partial charge in [-0.2, -0.15) is 11.8 Å². The standard InChI is InChI=1S/C19H22N2O2S/c22-19(9-13-24-15-17-8-4-5-10-20-17)21-11-12-23-14-18(21)16-6-2-1-3-7-16/h1-8,10,18H,9,11-15H2/t18-/m1/s1. The highest BCUT2D eigenvalue weighted by atomic mass is 32.2. The number of morpholine rings is 1. The molecule has 2 aromatic rings. The zero-order chi connectivity index (χ0) is 16.6. The van der Waals surface area contributed by atoms with Crippen molar-refractivity contribution in [3.05, 3.63) is 66.0 Å². The zero-order valence-corrected chi connectivity index (χ0v) is 14.5. The SMILES string of the molecule is O=C(CCSCc1ccccn1)N1CCOC[C@@H]1c1ccccc1. The Morgan fingerprint density at radius 1 is 1.21 bits per heavy atom. The van der Waals surface area contributed by atoms with Crippen molar-refractivity contribution in [1.29, 1.82) is 0 Å². The predicted octanol–water partition coefficient (Wildman–Crippen LogP) is 3.31. The van der Waals surface area contributed by atoms with Crippen LogP contribution in [0.25, 0.3) is 0 Å². The molecule has 126 valence electrons. The van der Waals surface area contributed by atoms with E-state index in [0.29, 0.717) is 26.2 Å². The number of nitrogens with zero attached hydrogens (tertiary/aromatic N) is 2. The summed E-state index contributed by atoms with van der Waals surface area (Å²) in [5.74, 6) is 1.87. The Bertz CT molecular complexity index is 636. The lowest BCUT2D eigenvalue weighted by Crippen LogP contribution is -2.43. The van der Waals surface area contributed by atoms with E-state index in [1.165, 1.54) is 0 Å². The molecule has 5 heteroatoms. The van der Waals surface area contributed by atoms with Gasteiger partial charge < -0.3 is 9.64 Å². The average Bonchev–Trinajstić information content (AvgIpc) is 2.66. The fourth-order valence-corrected chi connectivity index (χ4v) is 3.66. The van der Waals surface area contributed by atoms with Gasteiger partial charge in [-0.25, -0.2) is 0 Å². The third-order valence-corrected chi connectivity index (χ3v) is 5.06. The summed E-state index contributed by atoms with van der Waals surface area (Å²) in [6.45, 7) is 1.87. The Balaban J connectivity index is 1.51. The van der Waals surface area contributed by atoms with Gasteiger partial charge in [-0.3, -0.25) is 9.78 Å². The van der Waals surface area contributed by atoms with Gasteiger partial charge in [-0.05, 0) is 17.7 Å². The maximum atomic E-state index is 12.6. The molecule has 0 N–H and O–H groups in total. The quantitative estimate of drug-likeness (QED) is 0.756. The topological polar surface area (TPSA) is 42.4 Å². The molecule has 1 saturated heterocycles. The Kier molecular flexibility index (Phi) is 6.26. The monoisotopic (exact) mass is 342 g/mol. The van der Waals surface area contributed by atoms with Crippen molar-refractivity contribution in [2.45, 2.75) is 18.2 Å². The van der Waals surface area contributed by atoms with Crippen molar-refractivity contribution in [3.63, 3.8) is 0 Å².